The van der Waals surface area contributed by atoms with Crippen LogP contribution in [0.5, 0.6) is 0 Å². The molecule has 2 aromatic carbocycles. The molecule has 0 saturated carbocycles. The minimum absolute atomic E-state index is 0.140. The van der Waals surface area contributed by atoms with E-state index >= 15 is 0 Å². The van der Waals surface area contributed by atoms with E-state index in [-0.39, 0.29) is 30.3 Å². The van der Waals surface area contributed by atoms with Crippen molar-refractivity contribution in [2.45, 2.75) is 39.2 Å². The third-order valence-corrected chi connectivity index (χ3v) is 4.66. The summed E-state index contributed by atoms with van der Waals surface area (Å²) in [7, 11) is 0. The largest absolute Gasteiger partial charge is 0.337 e. The quantitative estimate of drug-likeness (QED) is 0.531. The van der Waals surface area contributed by atoms with Crippen LogP contribution in [0.3, 0.4) is 0 Å². The van der Waals surface area contributed by atoms with Crippen LogP contribution in [0.25, 0.3) is 0 Å². The van der Waals surface area contributed by atoms with Crippen molar-refractivity contribution in [1.29, 1.82) is 0 Å². The van der Waals surface area contributed by atoms with Crippen LogP contribution in [0.1, 0.15) is 38.4 Å². The van der Waals surface area contributed by atoms with Crippen molar-refractivity contribution in [3.63, 3.8) is 0 Å². The number of anilines is 2. The molecule has 0 aliphatic heterocycles. The summed E-state index contributed by atoms with van der Waals surface area (Å²) in [4.78, 5) is 24.4. The third-order valence-electron chi connectivity index (χ3n) is 4.66. The third kappa shape index (κ3) is 6.70. The van der Waals surface area contributed by atoms with Crippen LogP contribution in [0.2, 0.25) is 0 Å². The molecule has 3 amide bonds. The van der Waals surface area contributed by atoms with Crippen molar-refractivity contribution in [2.24, 2.45) is 0 Å². The molecule has 0 radical (unpaired) electrons. The summed E-state index contributed by atoms with van der Waals surface area (Å²) >= 11 is 0. The summed E-state index contributed by atoms with van der Waals surface area (Å²) in [5.41, 5.74) is 2.56. The van der Waals surface area contributed by atoms with E-state index in [0.29, 0.717) is 18.1 Å². The minimum atomic E-state index is -0.344. The van der Waals surface area contributed by atoms with Gasteiger partial charge in [-0.05, 0) is 17.7 Å². The number of urea groups is 1. The summed E-state index contributed by atoms with van der Waals surface area (Å²) < 4.78 is 1.81. The van der Waals surface area contributed by atoms with Crippen LogP contribution < -0.4 is 16.0 Å². The molecule has 3 aromatic rings. The van der Waals surface area contributed by atoms with Crippen molar-refractivity contribution >= 4 is 23.4 Å². The number of carbonyl (C=O) groups excluding carboxylic acids is 2. The van der Waals surface area contributed by atoms with Gasteiger partial charge in [0.05, 0.1) is 12.2 Å². The molecule has 0 saturated heterocycles. The van der Waals surface area contributed by atoms with E-state index in [9.17, 15) is 9.59 Å². The molecular formula is C24H29N5O2. The highest BCUT2D eigenvalue weighted by Gasteiger charge is 2.21. The summed E-state index contributed by atoms with van der Waals surface area (Å²) in [6, 6.07) is 20.7. The normalized spacial score (nSPS) is 11.1. The fourth-order valence-corrected chi connectivity index (χ4v) is 2.95. The van der Waals surface area contributed by atoms with Crippen LogP contribution >= 0.6 is 0 Å². The van der Waals surface area contributed by atoms with Crippen LogP contribution in [-0.4, -0.2) is 28.3 Å². The molecule has 162 valence electrons. The lowest BCUT2D eigenvalue weighted by atomic mass is 9.92. The lowest BCUT2D eigenvalue weighted by Gasteiger charge is -2.14. The van der Waals surface area contributed by atoms with Gasteiger partial charge in [-0.25, -0.2) is 9.48 Å². The topological polar surface area (TPSA) is 88.0 Å². The van der Waals surface area contributed by atoms with Crippen molar-refractivity contribution in [1.82, 2.24) is 15.1 Å². The van der Waals surface area contributed by atoms with Gasteiger partial charge in [-0.2, -0.15) is 5.10 Å². The predicted molar refractivity (Wildman–Crippen MR) is 123 cm³/mol. The first-order valence-corrected chi connectivity index (χ1v) is 10.3. The number of nitrogens with zero attached hydrogens (tertiary/aromatic N) is 2. The lowest BCUT2D eigenvalue weighted by molar-refractivity contribution is -0.116. The minimum Gasteiger partial charge on any atom is -0.337 e. The smallest absolute Gasteiger partial charge is 0.319 e. The Morgan fingerprint density at radius 1 is 0.935 bits per heavy atom. The Kier molecular flexibility index (Phi) is 7.07. The molecule has 0 spiro atoms. The number of carbonyl (C=O) groups is 2. The van der Waals surface area contributed by atoms with Crippen LogP contribution in [0, 0.1) is 0 Å². The number of aromatic nitrogens is 2. The van der Waals surface area contributed by atoms with E-state index in [0.717, 1.165) is 11.3 Å². The molecular weight excluding hydrogens is 390 g/mol. The van der Waals surface area contributed by atoms with Crippen molar-refractivity contribution < 1.29 is 9.59 Å². The Hall–Kier alpha value is -3.61. The standard InChI is InChI=1S/C24H29N5O2/c1-24(2,3)20-16-21(29(28-20)17-18-10-6-4-7-11-18)27-22(30)14-15-25-23(31)26-19-12-8-5-9-13-19/h4-13,16H,14-15,17H2,1-3H3,(H,27,30)(H2,25,26,31). The molecule has 0 bridgehead atoms. The fourth-order valence-electron chi connectivity index (χ4n) is 2.95. The number of benzene rings is 2. The highest BCUT2D eigenvalue weighted by Crippen LogP contribution is 2.24. The van der Waals surface area contributed by atoms with E-state index in [2.05, 4.69) is 36.7 Å². The second-order valence-electron chi connectivity index (χ2n) is 8.35. The van der Waals surface area contributed by atoms with Gasteiger partial charge in [0.15, 0.2) is 0 Å². The van der Waals surface area contributed by atoms with Gasteiger partial charge in [-0.3, -0.25) is 4.79 Å². The zero-order valence-electron chi connectivity index (χ0n) is 18.2. The Bertz CT molecular complexity index is 1010. The molecule has 0 atom stereocenters. The predicted octanol–water partition coefficient (Wildman–Crippen LogP) is 4.38. The van der Waals surface area contributed by atoms with Crippen LogP contribution in [0.4, 0.5) is 16.3 Å². The molecule has 3 N–H and O–H groups in total. The Balaban J connectivity index is 1.58. The lowest BCUT2D eigenvalue weighted by Crippen LogP contribution is -2.31. The van der Waals surface area contributed by atoms with E-state index < -0.39 is 0 Å². The first kappa shape index (κ1) is 22.1. The molecule has 3 rings (SSSR count). The maximum atomic E-state index is 12.5. The van der Waals surface area contributed by atoms with Gasteiger partial charge in [0, 0.05) is 30.1 Å². The van der Waals surface area contributed by atoms with Gasteiger partial charge in [-0.15, -0.1) is 0 Å². The molecule has 0 aliphatic rings. The maximum Gasteiger partial charge on any atom is 0.319 e. The average molecular weight is 420 g/mol. The highest BCUT2D eigenvalue weighted by atomic mass is 16.2. The number of amides is 3. The first-order valence-electron chi connectivity index (χ1n) is 10.3. The van der Waals surface area contributed by atoms with Crippen LogP contribution in [0.15, 0.2) is 66.7 Å². The summed E-state index contributed by atoms with van der Waals surface area (Å²) in [5.74, 6) is 0.460. The number of hydrogen-bond donors (Lipinski definition) is 3. The van der Waals surface area contributed by atoms with Gasteiger partial charge in [0.1, 0.15) is 5.82 Å². The fraction of sp³-hybridized carbons (Fsp3) is 0.292. The molecule has 0 unspecified atom stereocenters. The summed E-state index contributed by atoms with van der Waals surface area (Å²) in [6.07, 6.45) is 0.156. The molecule has 1 aromatic heterocycles. The van der Waals surface area contributed by atoms with E-state index in [4.69, 9.17) is 5.10 Å². The number of rotatable bonds is 7. The van der Waals surface area contributed by atoms with Gasteiger partial charge < -0.3 is 16.0 Å². The first-order chi connectivity index (χ1) is 14.8. The van der Waals surface area contributed by atoms with Gasteiger partial charge >= 0.3 is 6.03 Å². The van der Waals surface area contributed by atoms with E-state index in [1.165, 1.54) is 0 Å². The molecule has 7 heteroatoms. The van der Waals surface area contributed by atoms with Crippen LogP contribution in [-0.2, 0) is 16.8 Å². The SMILES string of the molecule is CC(C)(C)c1cc(NC(=O)CCNC(=O)Nc2ccccc2)n(Cc2ccccc2)n1. The molecule has 0 aliphatic carbocycles. The van der Waals surface area contributed by atoms with Gasteiger partial charge in [0.2, 0.25) is 5.91 Å². The van der Waals surface area contributed by atoms with E-state index in [1.54, 1.807) is 12.1 Å². The maximum absolute atomic E-state index is 12.5. The van der Waals surface area contributed by atoms with Crippen molar-refractivity contribution in [3.8, 4) is 0 Å². The second-order valence-corrected chi connectivity index (χ2v) is 8.35. The Morgan fingerprint density at radius 3 is 2.23 bits per heavy atom. The van der Waals surface area contributed by atoms with Gasteiger partial charge in [-0.1, -0.05) is 69.3 Å². The van der Waals surface area contributed by atoms with E-state index in [1.807, 2.05) is 59.3 Å². The number of nitrogens with one attached hydrogen (secondary N) is 3. The summed E-state index contributed by atoms with van der Waals surface area (Å²) in [5, 5.41) is 13.1. The Morgan fingerprint density at radius 2 is 1.58 bits per heavy atom. The van der Waals surface area contributed by atoms with Crippen molar-refractivity contribution in [3.05, 3.63) is 78.0 Å². The summed E-state index contributed by atoms with van der Waals surface area (Å²) in [6.45, 7) is 7.04. The molecule has 7 nitrogen and oxygen atoms in total. The average Bonchev–Trinajstić information content (AvgIpc) is 3.12. The Labute approximate surface area is 182 Å². The molecule has 0 fully saturated rings. The number of para-hydroxylation sites is 1. The van der Waals surface area contributed by atoms with Gasteiger partial charge in [0.25, 0.3) is 0 Å². The molecule has 1 heterocycles. The molecule has 31 heavy (non-hydrogen) atoms. The van der Waals surface area contributed by atoms with Crippen molar-refractivity contribution in [2.75, 3.05) is 17.2 Å². The number of hydrogen-bond acceptors (Lipinski definition) is 3. The monoisotopic (exact) mass is 419 g/mol. The zero-order valence-corrected chi connectivity index (χ0v) is 18.2. The highest BCUT2D eigenvalue weighted by molar-refractivity contribution is 5.92. The second kappa shape index (κ2) is 9.93. The zero-order chi connectivity index (χ0) is 22.3.